The monoisotopic (exact) mass is 207 g/mol. The van der Waals surface area contributed by atoms with E-state index in [1.54, 1.807) is 11.1 Å². The van der Waals surface area contributed by atoms with Crippen molar-refractivity contribution in [2.45, 2.75) is 6.42 Å². The molecule has 1 aliphatic carbocycles. The van der Waals surface area contributed by atoms with Gasteiger partial charge < -0.3 is 4.84 Å². The van der Waals surface area contributed by atoms with Crippen LogP contribution in [-0.2, 0) is 4.84 Å². The lowest BCUT2D eigenvalue weighted by molar-refractivity contribution is -0.0782. The quantitative estimate of drug-likeness (QED) is 0.399. The molecule has 0 aromatic heterocycles. The Morgan fingerprint density at radius 1 is 1.79 bits per heavy atom. The topological polar surface area (TPSA) is 12.5 Å². The highest BCUT2D eigenvalue weighted by atomic mass is 32.1. The van der Waals surface area contributed by atoms with Crippen molar-refractivity contribution in [3.63, 3.8) is 0 Å². The summed E-state index contributed by atoms with van der Waals surface area (Å²) in [5.74, 6) is 0.752. The SMILES string of the molecule is C=C=CCN(C)OC1=CC=CCC1=S. The summed E-state index contributed by atoms with van der Waals surface area (Å²) < 4.78 is 0. The van der Waals surface area contributed by atoms with Gasteiger partial charge in [0.05, 0.1) is 11.4 Å². The van der Waals surface area contributed by atoms with Crippen molar-refractivity contribution in [1.82, 2.24) is 5.06 Å². The second kappa shape index (κ2) is 5.55. The zero-order chi connectivity index (χ0) is 10.4. The van der Waals surface area contributed by atoms with E-state index in [1.165, 1.54) is 0 Å². The van der Waals surface area contributed by atoms with Gasteiger partial charge in [-0.3, -0.25) is 0 Å². The highest BCUT2D eigenvalue weighted by Crippen LogP contribution is 2.12. The Balaban J connectivity index is 2.50. The molecule has 0 radical (unpaired) electrons. The Bertz CT molecular complexity index is 324. The maximum absolute atomic E-state index is 5.51. The minimum Gasteiger partial charge on any atom is -0.405 e. The molecule has 2 nitrogen and oxygen atoms in total. The molecule has 0 N–H and O–H groups in total. The molecule has 0 fully saturated rings. The molecule has 0 amide bonds. The van der Waals surface area contributed by atoms with Gasteiger partial charge in [0.1, 0.15) is 0 Å². The molecule has 1 aliphatic rings. The Morgan fingerprint density at radius 3 is 3.21 bits per heavy atom. The van der Waals surface area contributed by atoms with Crippen LogP contribution in [0.15, 0.2) is 42.4 Å². The Labute approximate surface area is 89.8 Å². The van der Waals surface area contributed by atoms with Gasteiger partial charge in [-0.25, -0.2) is 0 Å². The predicted octanol–water partition coefficient (Wildman–Crippen LogP) is 2.40. The van der Waals surface area contributed by atoms with Crippen LogP contribution in [0.2, 0.25) is 0 Å². The van der Waals surface area contributed by atoms with Crippen molar-refractivity contribution in [3.05, 3.63) is 42.4 Å². The molecular formula is C11H13NOS. The number of hydrogen-bond acceptors (Lipinski definition) is 3. The van der Waals surface area contributed by atoms with Gasteiger partial charge in [0.15, 0.2) is 5.76 Å². The number of allylic oxidation sites excluding steroid dienone is 4. The standard InChI is InChI=1S/C11H13NOS/c1-3-4-9-12(2)13-10-7-5-6-8-11(10)14/h4-7H,1,8-9H2,2H3. The van der Waals surface area contributed by atoms with Crippen LogP contribution in [-0.4, -0.2) is 23.5 Å². The van der Waals surface area contributed by atoms with Gasteiger partial charge >= 0.3 is 0 Å². The predicted molar refractivity (Wildman–Crippen MR) is 61.9 cm³/mol. The summed E-state index contributed by atoms with van der Waals surface area (Å²) in [4.78, 5) is 6.34. The molecule has 0 saturated heterocycles. The molecule has 1 rings (SSSR count). The van der Waals surface area contributed by atoms with E-state index in [0.717, 1.165) is 17.0 Å². The van der Waals surface area contributed by atoms with Gasteiger partial charge in [-0.05, 0) is 12.2 Å². The second-order valence-corrected chi connectivity index (χ2v) is 3.39. The number of rotatable bonds is 4. The summed E-state index contributed by atoms with van der Waals surface area (Å²) in [6, 6.07) is 0. The summed E-state index contributed by atoms with van der Waals surface area (Å²) in [7, 11) is 1.84. The van der Waals surface area contributed by atoms with Gasteiger partial charge in [0, 0.05) is 13.5 Å². The maximum Gasteiger partial charge on any atom is 0.161 e. The van der Waals surface area contributed by atoms with Crippen LogP contribution in [0.5, 0.6) is 0 Å². The van der Waals surface area contributed by atoms with E-state index >= 15 is 0 Å². The second-order valence-electron chi connectivity index (χ2n) is 2.90. The van der Waals surface area contributed by atoms with Gasteiger partial charge in [-0.15, -0.1) is 10.8 Å². The Morgan fingerprint density at radius 2 is 2.57 bits per heavy atom. The zero-order valence-electron chi connectivity index (χ0n) is 8.19. The zero-order valence-corrected chi connectivity index (χ0v) is 9.01. The fourth-order valence-corrected chi connectivity index (χ4v) is 1.21. The number of nitrogens with zero attached hydrogens (tertiary/aromatic N) is 1. The molecule has 0 spiro atoms. The third kappa shape index (κ3) is 3.30. The summed E-state index contributed by atoms with van der Waals surface area (Å²) >= 11 is 5.15. The molecule has 3 heteroatoms. The first-order valence-corrected chi connectivity index (χ1v) is 4.78. The van der Waals surface area contributed by atoms with Crippen molar-refractivity contribution in [2.24, 2.45) is 0 Å². The largest absolute Gasteiger partial charge is 0.405 e. The summed E-state index contributed by atoms with van der Waals surface area (Å²) in [6.45, 7) is 4.13. The lowest BCUT2D eigenvalue weighted by atomic mass is 10.2. The average molecular weight is 207 g/mol. The van der Waals surface area contributed by atoms with Crippen molar-refractivity contribution < 1.29 is 4.84 Å². The lowest BCUT2D eigenvalue weighted by Crippen LogP contribution is -2.21. The minimum absolute atomic E-state index is 0.646. The van der Waals surface area contributed by atoms with Crippen LogP contribution < -0.4 is 0 Å². The minimum atomic E-state index is 0.646. The van der Waals surface area contributed by atoms with Gasteiger partial charge in [0.2, 0.25) is 0 Å². The maximum atomic E-state index is 5.51. The van der Waals surface area contributed by atoms with Gasteiger partial charge in [-0.1, -0.05) is 30.9 Å². The van der Waals surface area contributed by atoms with E-state index in [2.05, 4.69) is 12.3 Å². The number of thiocarbonyl (C=S) groups is 1. The van der Waals surface area contributed by atoms with E-state index in [1.807, 2.05) is 25.3 Å². The Kier molecular flexibility index (Phi) is 4.33. The number of hydroxylamine groups is 2. The molecule has 0 aliphatic heterocycles. The van der Waals surface area contributed by atoms with E-state index in [-0.39, 0.29) is 0 Å². The Hall–Kier alpha value is -1.15. The van der Waals surface area contributed by atoms with Crippen LogP contribution in [0.25, 0.3) is 0 Å². The van der Waals surface area contributed by atoms with E-state index in [4.69, 9.17) is 17.1 Å². The third-order valence-electron chi connectivity index (χ3n) is 1.71. The molecule has 0 heterocycles. The van der Waals surface area contributed by atoms with Crippen LogP contribution in [0.3, 0.4) is 0 Å². The van der Waals surface area contributed by atoms with Crippen molar-refractivity contribution in [1.29, 1.82) is 0 Å². The fourth-order valence-electron chi connectivity index (χ4n) is 1.00. The molecule has 0 bridgehead atoms. The van der Waals surface area contributed by atoms with Crippen molar-refractivity contribution >= 4 is 17.1 Å². The lowest BCUT2D eigenvalue weighted by Gasteiger charge is -2.19. The molecule has 0 atom stereocenters. The first-order chi connectivity index (χ1) is 6.74. The van der Waals surface area contributed by atoms with Crippen molar-refractivity contribution in [2.75, 3.05) is 13.6 Å². The average Bonchev–Trinajstić information content (AvgIpc) is 2.18. The molecule has 0 aromatic rings. The molecule has 0 saturated carbocycles. The first-order valence-electron chi connectivity index (χ1n) is 4.37. The van der Waals surface area contributed by atoms with Gasteiger partial charge in [0.25, 0.3) is 0 Å². The fraction of sp³-hybridized carbons (Fsp3) is 0.273. The summed E-state index contributed by atoms with van der Waals surface area (Å²) in [5, 5.41) is 1.69. The van der Waals surface area contributed by atoms with E-state index in [0.29, 0.717) is 6.54 Å². The van der Waals surface area contributed by atoms with Crippen LogP contribution in [0.1, 0.15) is 6.42 Å². The van der Waals surface area contributed by atoms with Crippen molar-refractivity contribution in [3.8, 4) is 0 Å². The molecule has 74 valence electrons. The molecular weight excluding hydrogens is 194 g/mol. The molecule has 0 unspecified atom stereocenters. The summed E-state index contributed by atoms with van der Waals surface area (Å²) in [6.07, 6.45) is 8.41. The highest BCUT2D eigenvalue weighted by Gasteiger charge is 2.09. The highest BCUT2D eigenvalue weighted by molar-refractivity contribution is 7.80. The molecule has 14 heavy (non-hydrogen) atoms. The van der Waals surface area contributed by atoms with E-state index in [9.17, 15) is 0 Å². The van der Waals surface area contributed by atoms with Crippen LogP contribution >= 0.6 is 12.2 Å². The molecule has 0 aromatic carbocycles. The summed E-state index contributed by atoms with van der Waals surface area (Å²) in [5.41, 5.74) is 2.68. The number of hydrogen-bond donors (Lipinski definition) is 0. The first kappa shape index (κ1) is 10.9. The smallest absolute Gasteiger partial charge is 0.161 e. The van der Waals surface area contributed by atoms with Crippen LogP contribution in [0, 0.1) is 0 Å². The van der Waals surface area contributed by atoms with Crippen LogP contribution in [0.4, 0.5) is 0 Å². The number of likely N-dealkylation sites (N-methyl/N-ethyl adjacent to an activating group) is 1. The van der Waals surface area contributed by atoms with Gasteiger partial charge in [-0.2, -0.15) is 0 Å². The third-order valence-corrected chi connectivity index (χ3v) is 2.08. The normalized spacial score (nSPS) is 15.0. The van der Waals surface area contributed by atoms with E-state index < -0.39 is 0 Å².